The molecule has 2 aliphatic rings. The summed E-state index contributed by atoms with van der Waals surface area (Å²) in [5, 5.41) is 0. The fraction of sp³-hybridized carbons (Fsp3) is 0.438. The van der Waals surface area contributed by atoms with E-state index in [1.54, 1.807) is 32.4 Å². The second kappa shape index (κ2) is 5.88. The van der Waals surface area contributed by atoms with Crippen molar-refractivity contribution in [2.45, 2.75) is 12.7 Å². The fourth-order valence-corrected chi connectivity index (χ4v) is 2.82. The van der Waals surface area contributed by atoms with Crippen LogP contribution in [0.1, 0.15) is 12.0 Å². The standard InChI is InChI=1S/C16H18O6/c1-18-10-6-9(7-11(8-10)19-2)14-13(15(17)20-3)12-4-5-21-16(12)22-14/h6-8,12,16H,4-5H2,1-3H3. The van der Waals surface area contributed by atoms with Crippen molar-refractivity contribution in [2.24, 2.45) is 5.92 Å². The Labute approximate surface area is 128 Å². The van der Waals surface area contributed by atoms with Crippen molar-refractivity contribution in [1.82, 2.24) is 0 Å². The van der Waals surface area contributed by atoms with E-state index in [0.29, 0.717) is 35.0 Å². The van der Waals surface area contributed by atoms with Gasteiger partial charge in [-0.05, 0) is 18.6 Å². The van der Waals surface area contributed by atoms with Gasteiger partial charge in [-0.25, -0.2) is 4.79 Å². The van der Waals surface area contributed by atoms with Crippen LogP contribution in [0.15, 0.2) is 23.8 Å². The number of hydrogen-bond donors (Lipinski definition) is 0. The Morgan fingerprint density at radius 2 is 1.82 bits per heavy atom. The van der Waals surface area contributed by atoms with Crippen molar-refractivity contribution < 1.29 is 28.5 Å². The Morgan fingerprint density at radius 3 is 2.41 bits per heavy atom. The Bertz CT molecular complexity index is 599. The minimum absolute atomic E-state index is 0.0976. The van der Waals surface area contributed by atoms with Gasteiger partial charge in [-0.15, -0.1) is 0 Å². The van der Waals surface area contributed by atoms with Crippen LogP contribution in [0.25, 0.3) is 5.76 Å². The first-order valence-corrected chi connectivity index (χ1v) is 7.02. The molecule has 2 atom stereocenters. The first-order chi connectivity index (χ1) is 10.7. The topological polar surface area (TPSA) is 63.2 Å². The van der Waals surface area contributed by atoms with Gasteiger partial charge in [0.2, 0.25) is 6.29 Å². The molecule has 1 aromatic rings. The molecular formula is C16H18O6. The van der Waals surface area contributed by atoms with Crippen molar-refractivity contribution in [3.63, 3.8) is 0 Å². The van der Waals surface area contributed by atoms with Gasteiger partial charge in [0.25, 0.3) is 0 Å². The smallest absolute Gasteiger partial charge is 0.338 e. The molecule has 22 heavy (non-hydrogen) atoms. The summed E-state index contributed by atoms with van der Waals surface area (Å²) in [5.74, 6) is 1.22. The first kappa shape index (κ1) is 14.7. The summed E-state index contributed by atoms with van der Waals surface area (Å²) in [7, 11) is 4.51. The SMILES string of the molecule is COC(=O)C1=C(c2cc(OC)cc(OC)c2)OC2OCCC12. The predicted octanol–water partition coefficient (Wildman–Crippen LogP) is 1.98. The normalized spacial score (nSPS) is 23.0. The number of carbonyl (C=O) groups excluding carboxylic acids is 1. The maximum Gasteiger partial charge on any atom is 0.338 e. The van der Waals surface area contributed by atoms with Crippen molar-refractivity contribution in [1.29, 1.82) is 0 Å². The molecule has 0 bridgehead atoms. The first-order valence-electron chi connectivity index (χ1n) is 7.02. The molecule has 6 nitrogen and oxygen atoms in total. The number of hydrogen-bond acceptors (Lipinski definition) is 6. The van der Waals surface area contributed by atoms with Gasteiger partial charge >= 0.3 is 5.97 Å². The molecule has 1 saturated heterocycles. The number of benzene rings is 1. The van der Waals surface area contributed by atoms with Crippen molar-refractivity contribution in [3.05, 3.63) is 29.3 Å². The van der Waals surface area contributed by atoms with Crippen LogP contribution in [0.5, 0.6) is 11.5 Å². The van der Waals surface area contributed by atoms with Crippen LogP contribution in [0.3, 0.4) is 0 Å². The molecule has 2 aliphatic heterocycles. The summed E-state index contributed by atoms with van der Waals surface area (Å²) in [4.78, 5) is 12.2. The van der Waals surface area contributed by atoms with Crippen molar-refractivity contribution in [2.75, 3.05) is 27.9 Å². The molecule has 0 aliphatic carbocycles. The molecule has 0 N–H and O–H groups in total. The van der Waals surface area contributed by atoms with Gasteiger partial charge in [0.1, 0.15) is 17.3 Å². The van der Waals surface area contributed by atoms with Crippen LogP contribution >= 0.6 is 0 Å². The number of fused-ring (bicyclic) bond motifs is 1. The van der Waals surface area contributed by atoms with Crippen LogP contribution in [0.2, 0.25) is 0 Å². The van der Waals surface area contributed by atoms with Gasteiger partial charge in [-0.1, -0.05) is 0 Å². The quantitative estimate of drug-likeness (QED) is 0.793. The number of carbonyl (C=O) groups is 1. The Kier molecular flexibility index (Phi) is 3.94. The molecule has 0 radical (unpaired) electrons. The van der Waals surface area contributed by atoms with Crippen molar-refractivity contribution in [3.8, 4) is 11.5 Å². The van der Waals surface area contributed by atoms with Crippen LogP contribution < -0.4 is 9.47 Å². The zero-order valence-corrected chi connectivity index (χ0v) is 12.8. The molecule has 2 heterocycles. The average molecular weight is 306 g/mol. The van der Waals surface area contributed by atoms with E-state index in [1.807, 2.05) is 0 Å². The van der Waals surface area contributed by atoms with Crippen molar-refractivity contribution >= 4 is 11.7 Å². The molecule has 2 unspecified atom stereocenters. The number of methoxy groups -OCH3 is 3. The molecule has 0 aromatic heterocycles. The van der Waals surface area contributed by atoms with Crippen LogP contribution in [-0.2, 0) is 19.0 Å². The number of esters is 1. The highest BCUT2D eigenvalue weighted by Crippen LogP contribution is 2.44. The summed E-state index contributed by atoms with van der Waals surface area (Å²) in [6, 6.07) is 5.35. The highest BCUT2D eigenvalue weighted by molar-refractivity contribution is 5.98. The number of rotatable bonds is 4. The summed E-state index contributed by atoms with van der Waals surface area (Å²) >= 11 is 0. The highest BCUT2D eigenvalue weighted by Gasteiger charge is 2.45. The molecule has 1 aromatic carbocycles. The largest absolute Gasteiger partial charge is 0.497 e. The van der Waals surface area contributed by atoms with E-state index in [9.17, 15) is 4.79 Å². The lowest BCUT2D eigenvalue weighted by Gasteiger charge is -2.12. The molecule has 0 amide bonds. The van der Waals surface area contributed by atoms with E-state index < -0.39 is 12.3 Å². The minimum atomic E-state index is -0.429. The summed E-state index contributed by atoms with van der Waals surface area (Å²) in [5.41, 5.74) is 1.22. The molecule has 6 heteroatoms. The minimum Gasteiger partial charge on any atom is -0.497 e. The molecule has 0 spiro atoms. The Hall–Kier alpha value is -2.21. The molecule has 118 valence electrons. The van der Waals surface area contributed by atoms with Crippen LogP contribution in [-0.4, -0.2) is 40.2 Å². The van der Waals surface area contributed by atoms with E-state index in [4.69, 9.17) is 23.7 Å². The fourth-order valence-electron chi connectivity index (χ4n) is 2.82. The Morgan fingerprint density at radius 1 is 1.14 bits per heavy atom. The molecule has 3 rings (SSSR count). The molecule has 0 saturated carbocycles. The van der Waals surface area contributed by atoms with E-state index in [2.05, 4.69) is 0 Å². The van der Waals surface area contributed by atoms with E-state index in [1.165, 1.54) is 7.11 Å². The third-order valence-corrected chi connectivity index (χ3v) is 3.91. The maximum absolute atomic E-state index is 12.2. The lowest BCUT2D eigenvalue weighted by Crippen LogP contribution is -2.17. The second-order valence-electron chi connectivity index (χ2n) is 5.09. The number of ether oxygens (including phenoxy) is 5. The molecule has 1 fully saturated rings. The zero-order valence-electron chi connectivity index (χ0n) is 12.8. The second-order valence-corrected chi connectivity index (χ2v) is 5.09. The summed E-state index contributed by atoms with van der Waals surface area (Å²) in [6.07, 6.45) is 0.306. The van der Waals surface area contributed by atoms with Gasteiger partial charge in [-0.3, -0.25) is 0 Å². The van der Waals surface area contributed by atoms with Crippen LogP contribution in [0.4, 0.5) is 0 Å². The van der Waals surface area contributed by atoms with Gasteiger partial charge in [0.15, 0.2) is 0 Å². The van der Waals surface area contributed by atoms with Gasteiger partial charge in [-0.2, -0.15) is 0 Å². The van der Waals surface area contributed by atoms with Crippen LogP contribution in [0, 0.1) is 5.92 Å². The third-order valence-electron chi connectivity index (χ3n) is 3.91. The highest BCUT2D eigenvalue weighted by atomic mass is 16.7. The monoisotopic (exact) mass is 306 g/mol. The predicted molar refractivity (Wildman–Crippen MR) is 77.4 cm³/mol. The summed E-state index contributed by atoms with van der Waals surface area (Å²) < 4.78 is 26.8. The Balaban J connectivity index is 2.09. The lowest BCUT2D eigenvalue weighted by molar-refractivity contribution is -0.136. The van der Waals surface area contributed by atoms with Gasteiger partial charge < -0.3 is 23.7 Å². The van der Waals surface area contributed by atoms with Gasteiger partial charge in [0.05, 0.1) is 39.4 Å². The summed E-state index contributed by atoms with van der Waals surface area (Å²) in [6.45, 7) is 0.574. The third kappa shape index (κ3) is 2.39. The lowest BCUT2D eigenvalue weighted by atomic mass is 9.96. The molecular weight excluding hydrogens is 288 g/mol. The van der Waals surface area contributed by atoms with E-state index >= 15 is 0 Å². The average Bonchev–Trinajstić information content (AvgIpc) is 3.14. The maximum atomic E-state index is 12.2. The van der Waals surface area contributed by atoms with E-state index in [0.717, 1.165) is 6.42 Å². The zero-order chi connectivity index (χ0) is 15.7. The van der Waals surface area contributed by atoms with Gasteiger partial charge in [0, 0.05) is 11.6 Å². The van der Waals surface area contributed by atoms with E-state index in [-0.39, 0.29) is 5.92 Å².